The van der Waals surface area contributed by atoms with Crippen LogP contribution in [-0.2, 0) is 0 Å². The third-order valence-electron chi connectivity index (χ3n) is 4.31. The van der Waals surface area contributed by atoms with Gasteiger partial charge in [0.15, 0.2) is 5.78 Å². The van der Waals surface area contributed by atoms with Crippen LogP contribution in [0.5, 0.6) is 11.5 Å². The first-order valence-corrected chi connectivity index (χ1v) is 7.13. The van der Waals surface area contributed by atoms with Crippen molar-refractivity contribution in [3.8, 4) is 11.5 Å². The zero-order chi connectivity index (χ0) is 13.3. The van der Waals surface area contributed by atoms with E-state index in [1.54, 1.807) is 7.11 Å². The second-order valence-electron chi connectivity index (χ2n) is 5.66. The molecule has 0 saturated heterocycles. The summed E-state index contributed by atoms with van der Waals surface area (Å²) in [4.78, 5) is 12.3. The number of carbonyl (C=O) groups excluding carboxylic acids is 1. The lowest BCUT2D eigenvalue weighted by molar-refractivity contribution is 0.0296. The average molecular weight is 260 g/mol. The van der Waals surface area contributed by atoms with E-state index in [4.69, 9.17) is 9.47 Å². The van der Waals surface area contributed by atoms with E-state index in [-0.39, 0.29) is 11.4 Å². The number of fused-ring (bicyclic) bond motifs is 1. The first kappa shape index (κ1) is 12.5. The Morgan fingerprint density at radius 2 is 1.89 bits per heavy atom. The zero-order valence-corrected chi connectivity index (χ0v) is 11.4. The van der Waals surface area contributed by atoms with Gasteiger partial charge in [0.25, 0.3) is 0 Å². The van der Waals surface area contributed by atoms with E-state index in [0.717, 1.165) is 31.4 Å². The zero-order valence-electron chi connectivity index (χ0n) is 11.4. The molecule has 2 aliphatic rings. The Bertz CT molecular complexity index is 485. The summed E-state index contributed by atoms with van der Waals surface area (Å²) < 4.78 is 11.5. The predicted molar refractivity (Wildman–Crippen MR) is 73.0 cm³/mol. The van der Waals surface area contributed by atoms with E-state index < -0.39 is 0 Å². The number of benzene rings is 1. The highest BCUT2D eigenvalue weighted by molar-refractivity contribution is 6.00. The van der Waals surface area contributed by atoms with Crippen molar-refractivity contribution in [2.75, 3.05) is 7.11 Å². The van der Waals surface area contributed by atoms with Crippen LogP contribution in [0.1, 0.15) is 55.3 Å². The predicted octanol–water partition coefficient (Wildman–Crippen LogP) is 3.75. The molecule has 19 heavy (non-hydrogen) atoms. The lowest BCUT2D eigenvalue weighted by Crippen LogP contribution is -2.41. The van der Waals surface area contributed by atoms with E-state index in [9.17, 15) is 4.79 Å². The van der Waals surface area contributed by atoms with E-state index in [0.29, 0.717) is 17.7 Å². The lowest BCUT2D eigenvalue weighted by atomic mass is 9.84. The maximum Gasteiger partial charge on any atom is 0.170 e. The van der Waals surface area contributed by atoms with E-state index in [1.165, 1.54) is 12.8 Å². The van der Waals surface area contributed by atoms with Crippen molar-refractivity contribution in [3.05, 3.63) is 23.8 Å². The fourth-order valence-corrected chi connectivity index (χ4v) is 3.25. The number of hydrogen-bond acceptors (Lipinski definition) is 3. The maximum absolute atomic E-state index is 12.3. The molecule has 1 spiro atoms. The molecule has 1 saturated carbocycles. The minimum Gasteiger partial charge on any atom is -0.497 e. The van der Waals surface area contributed by atoms with Crippen LogP contribution >= 0.6 is 0 Å². The van der Waals surface area contributed by atoms with Gasteiger partial charge >= 0.3 is 0 Å². The lowest BCUT2D eigenvalue weighted by Gasteiger charge is -2.37. The fraction of sp³-hybridized carbons (Fsp3) is 0.562. The Labute approximate surface area is 113 Å². The van der Waals surface area contributed by atoms with Gasteiger partial charge < -0.3 is 9.47 Å². The van der Waals surface area contributed by atoms with Crippen LogP contribution in [0.2, 0.25) is 0 Å². The fourth-order valence-electron chi connectivity index (χ4n) is 3.25. The molecule has 1 aliphatic carbocycles. The highest BCUT2D eigenvalue weighted by Crippen LogP contribution is 2.42. The van der Waals surface area contributed by atoms with Crippen molar-refractivity contribution in [2.24, 2.45) is 0 Å². The number of methoxy groups -OCH3 is 1. The molecule has 3 heteroatoms. The number of carbonyl (C=O) groups is 1. The van der Waals surface area contributed by atoms with Gasteiger partial charge in [-0.1, -0.05) is 12.8 Å². The Morgan fingerprint density at radius 1 is 1.16 bits per heavy atom. The summed E-state index contributed by atoms with van der Waals surface area (Å²) in [7, 11) is 1.63. The largest absolute Gasteiger partial charge is 0.497 e. The molecule has 0 aromatic heterocycles. The van der Waals surface area contributed by atoms with E-state index in [1.807, 2.05) is 18.2 Å². The number of Topliss-reactive ketones (excluding diaryl/α,β-unsaturated/α-hetero) is 1. The monoisotopic (exact) mass is 260 g/mol. The van der Waals surface area contributed by atoms with Gasteiger partial charge in [0.1, 0.15) is 17.1 Å². The highest BCUT2D eigenvalue weighted by atomic mass is 16.5. The quantitative estimate of drug-likeness (QED) is 0.771. The van der Waals surface area contributed by atoms with Crippen LogP contribution < -0.4 is 9.47 Å². The Balaban J connectivity index is 1.95. The summed E-state index contributed by atoms with van der Waals surface area (Å²) in [6.07, 6.45) is 7.35. The molecule has 102 valence electrons. The summed E-state index contributed by atoms with van der Waals surface area (Å²) >= 11 is 0. The number of hydrogen-bond donors (Lipinski definition) is 0. The number of ketones is 1. The molecule has 1 aromatic rings. The van der Waals surface area contributed by atoms with E-state index >= 15 is 0 Å². The maximum atomic E-state index is 12.3. The first-order chi connectivity index (χ1) is 9.22. The molecule has 3 rings (SSSR count). The van der Waals surface area contributed by atoms with Gasteiger partial charge in [0, 0.05) is 6.07 Å². The molecule has 0 bridgehead atoms. The van der Waals surface area contributed by atoms with Crippen LogP contribution in [0.15, 0.2) is 18.2 Å². The summed E-state index contributed by atoms with van der Waals surface area (Å²) in [5.74, 6) is 1.67. The molecular formula is C16H20O3. The van der Waals surface area contributed by atoms with Crippen molar-refractivity contribution >= 4 is 5.78 Å². The van der Waals surface area contributed by atoms with E-state index in [2.05, 4.69) is 0 Å². The molecular weight excluding hydrogens is 240 g/mol. The third-order valence-corrected chi connectivity index (χ3v) is 4.31. The second-order valence-corrected chi connectivity index (χ2v) is 5.66. The third kappa shape index (κ3) is 2.34. The summed E-state index contributed by atoms with van der Waals surface area (Å²) in [6, 6.07) is 5.49. The SMILES string of the molecule is COc1ccc2c(c1)OC1(CCCCCC1)CC2=O. The molecule has 0 unspecified atom stereocenters. The van der Waals surface area contributed by atoms with Crippen molar-refractivity contribution in [1.29, 1.82) is 0 Å². The molecule has 1 fully saturated rings. The van der Waals surface area contributed by atoms with Gasteiger partial charge in [-0.25, -0.2) is 0 Å². The standard InChI is InChI=1S/C16H20O3/c1-18-12-6-7-13-14(17)11-16(19-15(13)10-12)8-4-2-3-5-9-16/h6-7,10H,2-5,8-9,11H2,1H3. The molecule has 3 nitrogen and oxygen atoms in total. The van der Waals surface area contributed by atoms with Gasteiger partial charge in [0.05, 0.1) is 19.1 Å². The van der Waals surface area contributed by atoms with Crippen molar-refractivity contribution in [2.45, 2.75) is 50.5 Å². The van der Waals surface area contributed by atoms with Crippen LogP contribution in [0.4, 0.5) is 0 Å². The second kappa shape index (κ2) is 4.87. The van der Waals surface area contributed by atoms with Gasteiger partial charge in [0.2, 0.25) is 0 Å². The van der Waals surface area contributed by atoms with Gasteiger partial charge in [-0.15, -0.1) is 0 Å². The topological polar surface area (TPSA) is 35.5 Å². The Hall–Kier alpha value is -1.51. The van der Waals surface area contributed by atoms with Crippen molar-refractivity contribution < 1.29 is 14.3 Å². The van der Waals surface area contributed by atoms with Crippen LogP contribution in [-0.4, -0.2) is 18.5 Å². The molecule has 1 aromatic carbocycles. The summed E-state index contributed by atoms with van der Waals surface area (Å²) in [6.45, 7) is 0. The Kier molecular flexibility index (Phi) is 3.21. The molecule has 1 heterocycles. The summed E-state index contributed by atoms with van der Waals surface area (Å²) in [5.41, 5.74) is 0.447. The minimum atomic E-state index is -0.257. The van der Waals surface area contributed by atoms with Crippen LogP contribution in [0.3, 0.4) is 0 Å². The Morgan fingerprint density at radius 3 is 2.58 bits per heavy atom. The van der Waals surface area contributed by atoms with Crippen LogP contribution in [0, 0.1) is 0 Å². The normalized spacial score (nSPS) is 21.4. The van der Waals surface area contributed by atoms with Gasteiger partial charge in [-0.3, -0.25) is 4.79 Å². The molecule has 1 aliphatic heterocycles. The molecule has 0 N–H and O–H groups in total. The summed E-state index contributed by atoms with van der Waals surface area (Å²) in [5, 5.41) is 0. The number of rotatable bonds is 1. The minimum absolute atomic E-state index is 0.214. The molecule has 0 radical (unpaired) electrons. The van der Waals surface area contributed by atoms with Crippen LogP contribution in [0.25, 0.3) is 0 Å². The molecule has 0 atom stereocenters. The number of ether oxygens (including phenoxy) is 2. The average Bonchev–Trinajstić information content (AvgIpc) is 2.63. The molecule has 0 amide bonds. The van der Waals surface area contributed by atoms with Gasteiger partial charge in [-0.05, 0) is 37.8 Å². The van der Waals surface area contributed by atoms with Gasteiger partial charge in [-0.2, -0.15) is 0 Å². The first-order valence-electron chi connectivity index (χ1n) is 7.13. The smallest absolute Gasteiger partial charge is 0.170 e. The highest BCUT2D eigenvalue weighted by Gasteiger charge is 2.40. The van der Waals surface area contributed by atoms with Crippen molar-refractivity contribution in [3.63, 3.8) is 0 Å². The van der Waals surface area contributed by atoms with Crippen molar-refractivity contribution in [1.82, 2.24) is 0 Å².